The van der Waals surface area contributed by atoms with E-state index in [1.165, 1.54) is 62.2 Å². The minimum Gasteiger partial charge on any atom is -0.370 e. The molecule has 3 heteroatoms. The Bertz CT molecular complexity index is 756. The van der Waals surface area contributed by atoms with Crippen LogP contribution in [0.3, 0.4) is 0 Å². The van der Waals surface area contributed by atoms with E-state index in [2.05, 4.69) is 47.1 Å². The highest BCUT2D eigenvalue weighted by molar-refractivity contribution is 5.92. The van der Waals surface area contributed by atoms with Crippen LogP contribution in [0.2, 0.25) is 0 Å². The van der Waals surface area contributed by atoms with Gasteiger partial charge in [-0.1, -0.05) is 31.5 Å². The van der Waals surface area contributed by atoms with E-state index < -0.39 is 0 Å². The molecule has 0 spiro atoms. The van der Waals surface area contributed by atoms with Crippen LogP contribution in [0.25, 0.3) is 10.9 Å². The first-order chi connectivity index (χ1) is 11.8. The van der Waals surface area contributed by atoms with E-state index in [4.69, 9.17) is 4.98 Å². The van der Waals surface area contributed by atoms with Gasteiger partial charge >= 0.3 is 0 Å². The van der Waals surface area contributed by atoms with Crippen molar-refractivity contribution in [3.8, 4) is 0 Å². The summed E-state index contributed by atoms with van der Waals surface area (Å²) in [6.45, 7) is 7.35. The van der Waals surface area contributed by atoms with Crippen LogP contribution in [-0.2, 0) is 6.42 Å². The molecule has 0 aliphatic carbocycles. The number of anilines is 1. The maximum absolute atomic E-state index is 4.83. The Labute approximate surface area is 144 Å². The van der Waals surface area contributed by atoms with E-state index in [-0.39, 0.29) is 0 Å². The number of rotatable bonds is 2. The molecule has 3 nitrogen and oxygen atoms in total. The molecule has 5 rings (SSSR count). The zero-order valence-electron chi connectivity index (χ0n) is 14.6. The summed E-state index contributed by atoms with van der Waals surface area (Å²) in [5.41, 5.74) is 3.80. The molecule has 24 heavy (non-hydrogen) atoms. The predicted octanol–water partition coefficient (Wildman–Crippen LogP) is 3.72. The molecule has 3 aliphatic rings. The van der Waals surface area contributed by atoms with Gasteiger partial charge in [0.25, 0.3) is 0 Å². The average molecular weight is 321 g/mol. The van der Waals surface area contributed by atoms with Crippen molar-refractivity contribution in [1.82, 2.24) is 9.88 Å². The van der Waals surface area contributed by atoms with Gasteiger partial charge < -0.3 is 4.90 Å². The smallest absolute Gasteiger partial charge is 0.0726 e. The van der Waals surface area contributed by atoms with Crippen molar-refractivity contribution in [2.24, 2.45) is 11.8 Å². The highest BCUT2D eigenvalue weighted by atomic mass is 15.3. The maximum Gasteiger partial charge on any atom is 0.0726 e. The van der Waals surface area contributed by atoms with Crippen molar-refractivity contribution in [1.29, 1.82) is 0 Å². The second-order valence-corrected chi connectivity index (χ2v) is 7.89. The van der Waals surface area contributed by atoms with E-state index in [1.54, 1.807) is 0 Å². The zero-order chi connectivity index (χ0) is 16.1. The standard InChI is InChI=1S/C21H27N3/c1-2-16-11-21(17-7-3-4-8-19(17)22-16)24-13-15-12-23-10-6-5-9-20(23)18(15)14-24/h3-4,7-8,11,15,18,20H,2,5-6,9-10,12-14H2,1H3. The Hall–Kier alpha value is -1.61. The summed E-state index contributed by atoms with van der Waals surface area (Å²) in [6, 6.07) is 11.9. The first-order valence-corrected chi connectivity index (χ1v) is 9.71. The van der Waals surface area contributed by atoms with E-state index in [0.29, 0.717) is 0 Å². The van der Waals surface area contributed by atoms with Crippen LogP contribution in [0, 0.1) is 11.8 Å². The highest BCUT2D eigenvalue weighted by Crippen LogP contribution is 2.42. The van der Waals surface area contributed by atoms with Gasteiger partial charge in [-0.25, -0.2) is 0 Å². The molecule has 1 aromatic heterocycles. The van der Waals surface area contributed by atoms with Crippen LogP contribution in [0.15, 0.2) is 30.3 Å². The van der Waals surface area contributed by atoms with Crippen molar-refractivity contribution in [3.63, 3.8) is 0 Å². The number of para-hydroxylation sites is 1. The summed E-state index contributed by atoms with van der Waals surface area (Å²) in [4.78, 5) is 10.3. The summed E-state index contributed by atoms with van der Waals surface area (Å²) < 4.78 is 0. The zero-order valence-corrected chi connectivity index (χ0v) is 14.6. The SMILES string of the molecule is CCc1cc(N2CC3CN4CCCCC4C3C2)c2ccccc2n1. The molecule has 0 saturated carbocycles. The van der Waals surface area contributed by atoms with Crippen molar-refractivity contribution in [2.45, 2.75) is 38.6 Å². The molecular weight excluding hydrogens is 294 g/mol. The Morgan fingerprint density at radius 2 is 2.04 bits per heavy atom. The number of aryl methyl sites for hydroxylation is 1. The van der Waals surface area contributed by atoms with Crippen molar-refractivity contribution < 1.29 is 0 Å². The summed E-state index contributed by atoms with van der Waals surface area (Å²) in [7, 11) is 0. The number of piperidine rings is 1. The molecule has 2 aromatic rings. The van der Waals surface area contributed by atoms with Crippen molar-refractivity contribution in [2.75, 3.05) is 31.1 Å². The normalized spacial score (nSPS) is 29.9. The molecule has 4 heterocycles. The molecule has 0 bridgehead atoms. The monoisotopic (exact) mass is 321 g/mol. The fraction of sp³-hybridized carbons (Fsp3) is 0.571. The molecule has 0 radical (unpaired) electrons. The molecule has 0 N–H and O–H groups in total. The highest BCUT2D eigenvalue weighted by Gasteiger charge is 2.47. The summed E-state index contributed by atoms with van der Waals surface area (Å²) in [5, 5.41) is 1.33. The number of nitrogens with zero attached hydrogens (tertiary/aromatic N) is 3. The number of aromatic nitrogens is 1. The lowest BCUT2D eigenvalue weighted by molar-refractivity contribution is 0.173. The van der Waals surface area contributed by atoms with E-state index >= 15 is 0 Å². The lowest BCUT2D eigenvalue weighted by atomic mass is 9.90. The number of hydrogen-bond acceptors (Lipinski definition) is 3. The van der Waals surface area contributed by atoms with Crippen molar-refractivity contribution in [3.05, 3.63) is 36.0 Å². The third-order valence-corrected chi connectivity index (χ3v) is 6.57. The van der Waals surface area contributed by atoms with Gasteiger partial charge in [0.2, 0.25) is 0 Å². The topological polar surface area (TPSA) is 19.4 Å². The van der Waals surface area contributed by atoms with Crippen molar-refractivity contribution >= 4 is 16.6 Å². The molecule has 1 aromatic carbocycles. The molecule has 3 saturated heterocycles. The molecule has 3 unspecified atom stereocenters. The van der Waals surface area contributed by atoms with Crippen LogP contribution in [0.1, 0.15) is 31.9 Å². The van der Waals surface area contributed by atoms with E-state index in [0.717, 1.165) is 29.8 Å². The van der Waals surface area contributed by atoms with Crippen LogP contribution in [-0.4, -0.2) is 42.1 Å². The van der Waals surface area contributed by atoms with Gasteiger partial charge in [0, 0.05) is 42.4 Å². The minimum atomic E-state index is 0.854. The second kappa shape index (κ2) is 5.73. The van der Waals surface area contributed by atoms with Gasteiger partial charge in [-0.15, -0.1) is 0 Å². The van der Waals surface area contributed by atoms with Crippen LogP contribution in [0.4, 0.5) is 5.69 Å². The Morgan fingerprint density at radius 3 is 2.96 bits per heavy atom. The number of benzene rings is 1. The first-order valence-electron chi connectivity index (χ1n) is 9.71. The molecule has 0 amide bonds. The lowest BCUT2D eigenvalue weighted by Gasteiger charge is -2.33. The minimum absolute atomic E-state index is 0.854. The fourth-order valence-corrected chi connectivity index (χ4v) is 5.40. The Balaban J connectivity index is 1.49. The van der Waals surface area contributed by atoms with Crippen LogP contribution < -0.4 is 4.90 Å². The van der Waals surface area contributed by atoms with Gasteiger partial charge in [0.05, 0.1) is 5.52 Å². The Morgan fingerprint density at radius 1 is 1.12 bits per heavy atom. The molecule has 3 atom stereocenters. The lowest BCUT2D eigenvalue weighted by Crippen LogP contribution is -2.39. The number of fused-ring (bicyclic) bond motifs is 4. The van der Waals surface area contributed by atoms with Gasteiger partial charge in [0.15, 0.2) is 0 Å². The summed E-state index contributed by atoms with van der Waals surface area (Å²) in [6.07, 6.45) is 5.28. The quantitative estimate of drug-likeness (QED) is 0.840. The fourth-order valence-electron chi connectivity index (χ4n) is 5.40. The number of pyridine rings is 1. The maximum atomic E-state index is 4.83. The molecule has 126 valence electrons. The number of hydrogen-bond donors (Lipinski definition) is 0. The Kier molecular flexibility index (Phi) is 3.51. The van der Waals surface area contributed by atoms with Gasteiger partial charge in [-0.3, -0.25) is 9.88 Å². The van der Waals surface area contributed by atoms with Crippen LogP contribution in [0.5, 0.6) is 0 Å². The van der Waals surface area contributed by atoms with E-state index in [9.17, 15) is 0 Å². The third kappa shape index (κ3) is 2.25. The average Bonchev–Trinajstić information content (AvgIpc) is 3.18. The predicted molar refractivity (Wildman–Crippen MR) is 99.5 cm³/mol. The van der Waals surface area contributed by atoms with Gasteiger partial charge in [-0.2, -0.15) is 0 Å². The molecular formula is C21H27N3. The first kappa shape index (κ1) is 14.7. The second-order valence-electron chi connectivity index (χ2n) is 7.89. The van der Waals surface area contributed by atoms with Crippen LogP contribution >= 0.6 is 0 Å². The molecule has 3 aliphatic heterocycles. The largest absolute Gasteiger partial charge is 0.370 e. The summed E-state index contributed by atoms with van der Waals surface area (Å²) in [5.74, 6) is 1.74. The van der Waals surface area contributed by atoms with Gasteiger partial charge in [0.1, 0.15) is 0 Å². The molecule has 3 fully saturated rings. The van der Waals surface area contributed by atoms with E-state index in [1.807, 2.05) is 0 Å². The summed E-state index contributed by atoms with van der Waals surface area (Å²) >= 11 is 0. The van der Waals surface area contributed by atoms with Gasteiger partial charge in [-0.05, 0) is 49.8 Å². The third-order valence-electron chi connectivity index (χ3n) is 6.57.